The number of Topliss-reactive ketones (excluding diaryl/α,β-unsaturated/α-hetero) is 1. The second-order valence-corrected chi connectivity index (χ2v) is 4.44. The molecule has 0 aliphatic rings. The van der Waals surface area contributed by atoms with E-state index in [-0.39, 0.29) is 17.5 Å². The molecule has 18 heavy (non-hydrogen) atoms. The highest BCUT2D eigenvalue weighted by atomic mass is 79.9. The SMILES string of the molecule is CC(=O)c1cccnc1Oc1ccc(F)c(Br)c1. The summed E-state index contributed by atoms with van der Waals surface area (Å²) in [6, 6.07) is 7.51. The molecule has 1 aromatic heterocycles. The first-order valence-electron chi connectivity index (χ1n) is 5.17. The summed E-state index contributed by atoms with van der Waals surface area (Å²) in [5.74, 6) is 0.0995. The van der Waals surface area contributed by atoms with E-state index in [9.17, 15) is 9.18 Å². The quantitative estimate of drug-likeness (QED) is 0.805. The normalized spacial score (nSPS) is 10.2. The molecule has 0 aliphatic heterocycles. The maximum Gasteiger partial charge on any atom is 0.230 e. The first-order chi connectivity index (χ1) is 8.58. The molecule has 0 saturated carbocycles. The van der Waals surface area contributed by atoms with Crippen LogP contribution in [-0.2, 0) is 0 Å². The predicted molar refractivity (Wildman–Crippen MR) is 68.4 cm³/mol. The summed E-state index contributed by atoms with van der Waals surface area (Å²) in [4.78, 5) is 15.4. The monoisotopic (exact) mass is 309 g/mol. The molecule has 92 valence electrons. The summed E-state index contributed by atoms with van der Waals surface area (Å²) >= 11 is 3.06. The number of ketones is 1. The summed E-state index contributed by atoms with van der Waals surface area (Å²) in [5.41, 5.74) is 0.387. The third-order valence-electron chi connectivity index (χ3n) is 2.26. The molecule has 0 fully saturated rings. The number of rotatable bonds is 3. The Bertz CT molecular complexity index is 601. The van der Waals surface area contributed by atoms with Gasteiger partial charge in [0.1, 0.15) is 11.6 Å². The van der Waals surface area contributed by atoms with Crippen LogP contribution in [0.1, 0.15) is 17.3 Å². The van der Waals surface area contributed by atoms with Crippen LogP contribution in [0.5, 0.6) is 11.6 Å². The lowest BCUT2D eigenvalue weighted by molar-refractivity contribution is 0.101. The fourth-order valence-corrected chi connectivity index (χ4v) is 1.75. The molecular weight excluding hydrogens is 301 g/mol. The van der Waals surface area contributed by atoms with Gasteiger partial charge in [-0.3, -0.25) is 4.79 Å². The number of aromatic nitrogens is 1. The van der Waals surface area contributed by atoms with Crippen LogP contribution in [0.3, 0.4) is 0 Å². The fourth-order valence-electron chi connectivity index (χ4n) is 1.39. The minimum absolute atomic E-state index is 0.140. The van der Waals surface area contributed by atoms with Crippen molar-refractivity contribution in [1.82, 2.24) is 4.98 Å². The molecule has 0 unspecified atom stereocenters. The summed E-state index contributed by atoms with van der Waals surface area (Å²) < 4.78 is 18.8. The zero-order valence-corrected chi connectivity index (χ0v) is 11.1. The van der Waals surface area contributed by atoms with Crippen molar-refractivity contribution in [2.24, 2.45) is 0 Å². The van der Waals surface area contributed by atoms with E-state index in [0.717, 1.165) is 0 Å². The van der Waals surface area contributed by atoms with Gasteiger partial charge in [0.25, 0.3) is 0 Å². The van der Waals surface area contributed by atoms with Gasteiger partial charge in [-0.1, -0.05) is 0 Å². The van der Waals surface area contributed by atoms with Gasteiger partial charge in [-0.05, 0) is 53.2 Å². The maximum atomic E-state index is 13.1. The number of pyridine rings is 1. The molecule has 0 saturated heterocycles. The lowest BCUT2D eigenvalue weighted by atomic mass is 10.2. The van der Waals surface area contributed by atoms with Gasteiger partial charge in [0.15, 0.2) is 5.78 Å². The second kappa shape index (κ2) is 5.27. The zero-order valence-electron chi connectivity index (χ0n) is 9.48. The minimum atomic E-state index is -0.379. The Morgan fingerprint density at radius 1 is 1.39 bits per heavy atom. The van der Waals surface area contributed by atoms with Crippen LogP contribution in [0.25, 0.3) is 0 Å². The van der Waals surface area contributed by atoms with Gasteiger partial charge in [0.05, 0.1) is 10.0 Å². The number of carbonyl (C=O) groups excluding carboxylic acids is 1. The van der Waals surface area contributed by atoms with Crippen molar-refractivity contribution >= 4 is 21.7 Å². The molecule has 0 atom stereocenters. The number of hydrogen-bond donors (Lipinski definition) is 0. The molecule has 2 rings (SSSR count). The first kappa shape index (κ1) is 12.7. The maximum absolute atomic E-state index is 13.1. The Morgan fingerprint density at radius 2 is 2.17 bits per heavy atom. The smallest absolute Gasteiger partial charge is 0.230 e. The summed E-state index contributed by atoms with van der Waals surface area (Å²) in [6.45, 7) is 1.43. The Kier molecular flexibility index (Phi) is 3.72. The van der Waals surface area contributed by atoms with Crippen LogP contribution < -0.4 is 4.74 Å². The van der Waals surface area contributed by atoms with Gasteiger partial charge in [0.2, 0.25) is 5.88 Å². The van der Waals surface area contributed by atoms with Crippen LogP contribution >= 0.6 is 15.9 Å². The van der Waals surface area contributed by atoms with E-state index in [1.54, 1.807) is 12.1 Å². The van der Waals surface area contributed by atoms with Gasteiger partial charge in [-0.2, -0.15) is 0 Å². The molecule has 0 bridgehead atoms. The Balaban J connectivity index is 2.34. The largest absolute Gasteiger partial charge is 0.438 e. The van der Waals surface area contributed by atoms with Crippen molar-refractivity contribution in [2.75, 3.05) is 0 Å². The third-order valence-corrected chi connectivity index (χ3v) is 2.86. The van der Waals surface area contributed by atoms with Crippen LogP contribution in [-0.4, -0.2) is 10.8 Å². The summed E-state index contributed by atoms with van der Waals surface area (Å²) in [6.07, 6.45) is 1.53. The number of nitrogens with zero attached hydrogens (tertiary/aromatic N) is 1. The van der Waals surface area contributed by atoms with Crippen molar-refractivity contribution in [3.8, 4) is 11.6 Å². The van der Waals surface area contributed by atoms with E-state index < -0.39 is 0 Å². The van der Waals surface area contributed by atoms with Gasteiger partial charge in [-0.25, -0.2) is 9.37 Å². The van der Waals surface area contributed by atoms with E-state index in [4.69, 9.17) is 4.74 Å². The lowest BCUT2D eigenvalue weighted by Crippen LogP contribution is -1.99. The molecule has 1 heterocycles. The highest BCUT2D eigenvalue weighted by Gasteiger charge is 2.10. The molecule has 0 aliphatic carbocycles. The van der Waals surface area contributed by atoms with Crippen molar-refractivity contribution in [1.29, 1.82) is 0 Å². The van der Waals surface area contributed by atoms with E-state index in [1.165, 1.54) is 31.3 Å². The third kappa shape index (κ3) is 2.73. The molecule has 2 aromatic rings. The van der Waals surface area contributed by atoms with Gasteiger partial charge in [-0.15, -0.1) is 0 Å². The Labute approximate surface area is 112 Å². The van der Waals surface area contributed by atoms with E-state index in [0.29, 0.717) is 15.8 Å². The number of carbonyl (C=O) groups is 1. The molecule has 0 spiro atoms. The van der Waals surface area contributed by atoms with Gasteiger partial charge in [0, 0.05) is 6.20 Å². The predicted octanol–water partition coefficient (Wildman–Crippen LogP) is 3.98. The zero-order chi connectivity index (χ0) is 13.1. The average molecular weight is 310 g/mol. The second-order valence-electron chi connectivity index (χ2n) is 3.59. The number of ether oxygens (including phenoxy) is 1. The van der Waals surface area contributed by atoms with Crippen molar-refractivity contribution < 1.29 is 13.9 Å². The topological polar surface area (TPSA) is 39.2 Å². The molecule has 3 nitrogen and oxygen atoms in total. The minimum Gasteiger partial charge on any atom is -0.438 e. The van der Waals surface area contributed by atoms with E-state index in [2.05, 4.69) is 20.9 Å². The molecule has 0 radical (unpaired) electrons. The van der Waals surface area contributed by atoms with Gasteiger partial charge >= 0.3 is 0 Å². The van der Waals surface area contributed by atoms with Crippen molar-refractivity contribution in [3.63, 3.8) is 0 Å². The van der Waals surface area contributed by atoms with Crippen LogP contribution in [0, 0.1) is 5.82 Å². The first-order valence-corrected chi connectivity index (χ1v) is 5.96. The standard InChI is InChI=1S/C13H9BrFNO2/c1-8(17)10-3-2-6-16-13(10)18-9-4-5-12(15)11(14)7-9/h2-7H,1H3. The highest BCUT2D eigenvalue weighted by molar-refractivity contribution is 9.10. The Morgan fingerprint density at radius 3 is 2.83 bits per heavy atom. The highest BCUT2D eigenvalue weighted by Crippen LogP contribution is 2.27. The van der Waals surface area contributed by atoms with Crippen molar-refractivity contribution in [2.45, 2.75) is 6.92 Å². The molecule has 1 aromatic carbocycles. The van der Waals surface area contributed by atoms with E-state index in [1.807, 2.05) is 0 Å². The molecular formula is C13H9BrFNO2. The molecule has 5 heteroatoms. The summed E-state index contributed by atoms with van der Waals surface area (Å²) in [5, 5.41) is 0. The number of benzene rings is 1. The van der Waals surface area contributed by atoms with E-state index >= 15 is 0 Å². The summed E-state index contributed by atoms with van der Waals surface area (Å²) in [7, 11) is 0. The number of halogens is 2. The van der Waals surface area contributed by atoms with Crippen LogP contribution in [0.2, 0.25) is 0 Å². The van der Waals surface area contributed by atoms with Crippen LogP contribution in [0.4, 0.5) is 4.39 Å². The lowest BCUT2D eigenvalue weighted by Gasteiger charge is -2.08. The number of hydrogen-bond acceptors (Lipinski definition) is 3. The molecule has 0 amide bonds. The van der Waals surface area contributed by atoms with Gasteiger partial charge < -0.3 is 4.74 Å². The average Bonchev–Trinajstić information content (AvgIpc) is 2.34. The Hall–Kier alpha value is -1.75. The van der Waals surface area contributed by atoms with Crippen molar-refractivity contribution in [3.05, 3.63) is 52.4 Å². The van der Waals surface area contributed by atoms with Crippen LogP contribution in [0.15, 0.2) is 41.0 Å². The fraction of sp³-hybridized carbons (Fsp3) is 0.0769. The molecule has 0 N–H and O–H groups in total.